The Morgan fingerprint density at radius 3 is 3.00 bits per heavy atom. The van der Waals surface area contributed by atoms with E-state index in [1.165, 1.54) is 0 Å². The lowest BCUT2D eigenvalue weighted by molar-refractivity contribution is -0.143. The minimum absolute atomic E-state index is 0.282. The Hall–Kier alpha value is -3.52. The number of carbonyl (C=O) groups excluding carboxylic acids is 1. The number of amides is 1. The molecule has 5 rings (SSSR count). The van der Waals surface area contributed by atoms with Gasteiger partial charge in [0.2, 0.25) is 0 Å². The first kappa shape index (κ1) is 16.6. The molecule has 1 fully saturated rings. The van der Waals surface area contributed by atoms with Crippen molar-refractivity contribution in [3.63, 3.8) is 0 Å². The number of rotatable bonds is 3. The summed E-state index contributed by atoms with van der Waals surface area (Å²) in [7, 11) is 1.70. The first-order valence-electron chi connectivity index (χ1n) is 8.99. The predicted octanol–water partition coefficient (Wildman–Crippen LogP) is 1.86. The third-order valence-corrected chi connectivity index (χ3v) is 5.35. The normalized spacial score (nSPS) is 19.6. The molecule has 140 valence electrons. The summed E-state index contributed by atoms with van der Waals surface area (Å²) in [4.78, 5) is 21.3. The van der Waals surface area contributed by atoms with E-state index in [1.807, 2.05) is 30.6 Å². The van der Waals surface area contributed by atoms with Crippen LogP contribution in [0.4, 0.5) is 0 Å². The third-order valence-electron chi connectivity index (χ3n) is 5.35. The highest BCUT2D eigenvalue weighted by Crippen LogP contribution is 2.33. The molecule has 28 heavy (non-hydrogen) atoms. The summed E-state index contributed by atoms with van der Waals surface area (Å²) in [5, 5.41) is 20.4. The quantitative estimate of drug-likeness (QED) is 0.570. The minimum atomic E-state index is -1.49. The topological polar surface area (TPSA) is 99.9 Å². The molecule has 4 heterocycles. The number of nitrogens with zero attached hydrogens (tertiary/aromatic N) is 5. The fourth-order valence-electron chi connectivity index (χ4n) is 3.72. The van der Waals surface area contributed by atoms with Gasteiger partial charge in [-0.05, 0) is 23.8 Å². The van der Waals surface area contributed by atoms with Crippen LogP contribution in [0.2, 0.25) is 0 Å². The standard InChI is InChI=1S/C20H18N6O2/c1-25-8-6-20(28,19(25)27)13-3-2-4-14(9-13)26-12-18(23-24-26)16-11-22-17-5-7-21-10-15(16)17/h2-5,7,9-12,22,28H,6,8H2,1H3/t20-/m1/s1. The van der Waals surface area contributed by atoms with Gasteiger partial charge in [-0.25, -0.2) is 4.68 Å². The highest BCUT2D eigenvalue weighted by Gasteiger charge is 2.45. The van der Waals surface area contributed by atoms with Gasteiger partial charge in [-0.3, -0.25) is 9.78 Å². The Labute approximate surface area is 160 Å². The van der Waals surface area contributed by atoms with E-state index in [2.05, 4.69) is 20.3 Å². The second kappa shape index (κ2) is 6.00. The number of nitrogens with one attached hydrogen (secondary N) is 1. The Balaban J connectivity index is 1.52. The number of benzene rings is 1. The van der Waals surface area contributed by atoms with Gasteiger partial charge in [0.1, 0.15) is 5.69 Å². The molecule has 0 radical (unpaired) electrons. The van der Waals surface area contributed by atoms with Gasteiger partial charge in [-0.2, -0.15) is 0 Å². The van der Waals surface area contributed by atoms with Crippen molar-refractivity contribution in [3.8, 4) is 16.9 Å². The maximum atomic E-state index is 12.4. The molecule has 0 bridgehead atoms. The highest BCUT2D eigenvalue weighted by molar-refractivity contribution is 5.93. The molecule has 0 aliphatic carbocycles. The van der Waals surface area contributed by atoms with Gasteiger partial charge in [0, 0.05) is 55.1 Å². The van der Waals surface area contributed by atoms with Gasteiger partial charge in [0.05, 0.1) is 11.9 Å². The summed E-state index contributed by atoms with van der Waals surface area (Å²) in [6.45, 7) is 0.529. The van der Waals surface area contributed by atoms with Crippen LogP contribution in [0.3, 0.4) is 0 Å². The van der Waals surface area contributed by atoms with Crippen molar-refractivity contribution in [3.05, 3.63) is 60.7 Å². The average molecular weight is 374 g/mol. The first-order valence-corrected chi connectivity index (χ1v) is 8.99. The number of likely N-dealkylation sites (tertiary alicyclic amines) is 1. The Kier molecular flexibility index (Phi) is 3.56. The van der Waals surface area contributed by atoms with Gasteiger partial charge >= 0.3 is 0 Å². The van der Waals surface area contributed by atoms with Crippen molar-refractivity contribution in [2.24, 2.45) is 0 Å². The molecule has 3 aromatic heterocycles. The van der Waals surface area contributed by atoms with Crippen molar-refractivity contribution in [2.75, 3.05) is 13.6 Å². The van der Waals surface area contributed by atoms with E-state index < -0.39 is 5.60 Å². The number of aromatic amines is 1. The van der Waals surface area contributed by atoms with Crippen LogP contribution >= 0.6 is 0 Å². The van der Waals surface area contributed by atoms with Crippen molar-refractivity contribution in [2.45, 2.75) is 12.0 Å². The molecule has 1 aliphatic heterocycles. The van der Waals surface area contributed by atoms with Crippen molar-refractivity contribution >= 4 is 16.8 Å². The molecule has 2 N–H and O–H groups in total. The van der Waals surface area contributed by atoms with E-state index in [4.69, 9.17) is 0 Å². The molecule has 0 spiro atoms. The van der Waals surface area contributed by atoms with Gasteiger partial charge in [0.25, 0.3) is 5.91 Å². The smallest absolute Gasteiger partial charge is 0.258 e. The van der Waals surface area contributed by atoms with Gasteiger partial charge < -0.3 is 15.0 Å². The molecule has 4 aromatic rings. The molecule has 1 saturated heterocycles. The highest BCUT2D eigenvalue weighted by atomic mass is 16.3. The van der Waals surface area contributed by atoms with Gasteiger partial charge in [0.15, 0.2) is 5.60 Å². The molecule has 1 aromatic carbocycles. The van der Waals surface area contributed by atoms with Crippen LogP contribution in [-0.2, 0) is 10.4 Å². The zero-order valence-electron chi connectivity index (χ0n) is 15.2. The molecule has 1 amide bonds. The summed E-state index contributed by atoms with van der Waals surface area (Å²) in [5.41, 5.74) is 2.40. The monoisotopic (exact) mass is 374 g/mol. The number of H-pyrrole nitrogens is 1. The molecule has 1 aliphatic rings. The number of fused-ring (bicyclic) bond motifs is 1. The zero-order chi connectivity index (χ0) is 19.3. The van der Waals surface area contributed by atoms with Gasteiger partial charge in [-0.15, -0.1) is 5.10 Å². The summed E-state index contributed by atoms with van der Waals surface area (Å²) < 4.78 is 1.64. The number of aliphatic hydroxyl groups is 1. The average Bonchev–Trinajstić information content (AvgIpc) is 3.43. The molecular formula is C20H18N6O2. The molecule has 0 unspecified atom stereocenters. The van der Waals surface area contributed by atoms with Crippen LogP contribution in [0.1, 0.15) is 12.0 Å². The first-order chi connectivity index (χ1) is 13.6. The molecule has 8 heteroatoms. The zero-order valence-corrected chi connectivity index (χ0v) is 15.2. The summed E-state index contributed by atoms with van der Waals surface area (Å²) >= 11 is 0. The minimum Gasteiger partial charge on any atom is -0.375 e. The number of pyridine rings is 1. The fraction of sp³-hybridized carbons (Fsp3) is 0.200. The number of likely N-dealkylation sites (N-methyl/N-ethyl adjacent to an activating group) is 1. The Morgan fingerprint density at radius 1 is 1.29 bits per heavy atom. The van der Waals surface area contributed by atoms with Crippen LogP contribution < -0.4 is 0 Å². The van der Waals surface area contributed by atoms with Crippen molar-refractivity contribution < 1.29 is 9.90 Å². The van der Waals surface area contributed by atoms with Crippen LogP contribution in [0.15, 0.2) is 55.1 Å². The van der Waals surface area contributed by atoms with E-state index in [1.54, 1.807) is 41.2 Å². The lowest BCUT2D eigenvalue weighted by atomic mass is 9.92. The largest absolute Gasteiger partial charge is 0.375 e. The second-order valence-electron chi connectivity index (χ2n) is 7.06. The van der Waals surface area contributed by atoms with Crippen molar-refractivity contribution in [1.82, 2.24) is 29.9 Å². The predicted molar refractivity (Wildman–Crippen MR) is 103 cm³/mol. The maximum Gasteiger partial charge on any atom is 0.258 e. The number of aromatic nitrogens is 5. The van der Waals surface area contributed by atoms with Crippen LogP contribution in [0.5, 0.6) is 0 Å². The van der Waals surface area contributed by atoms with Crippen LogP contribution in [0, 0.1) is 0 Å². The second-order valence-corrected chi connectivity index (χ2v) is 7.06. The summed E-state index contributed by atoms with van der Waals surface area (Å²) in [6, 6.07) is 9.13. The lowest BCUT2D eigenvalue weighted by Crippen LogP contribution is -2.36. The summed E-state index contributed by atoms with van der Waals surface area (Å²) in [5.74, 6) is -0.282. The number of carbonyl (C=O) groups is 1. The van der Waals surface area contributed by atoms with Crippen LogP contribution in [-0.4, -0.2) is 54.5 Å². The lowest BCUT2D eigenvalue weighted by Gasteiger charge is -2.21. The Morgan fingerprint density at radius 2 is 2.18 bits per heavy atom. The van der Waals surface area contributed by atoms with Gasteiger partial charge in [-0.1, -0.05) is 17.3 Å². The van der Waals surface area contributed by atoms with E-state index in [0.717, 1.165) is 22.2 Å². The SMILES string of the molecule is CN1CC[C@@](O)(c2cccc(-n3cc(-c4c[nH]c5ccncc45)nn3)c2)C1=O. The van der Waals surface area contributed by atoms with E-state index >= 15 is 0 Å². The molecule has 8 nitrogen and oxygen atoms in total. The summed E-state index contributed by atoms with van der Waals surface area (Å²) in [6.07, 6.45) is 7.60. The van der Waals surface area contributed by atoms with E-state index in [9.17, 15) is 9.90 Å². The molecular weight excluding hydrogens is 356 g/mol. The number of hydrogen-bond donors (Lipinski definition) is 2. The van der Waals surface area contributed by atoms with E-state index in [0.29, 0.717) is 24.2 Å². The fourth-order valence-corrected chi connectivity index (χ4v) is 3.72. The molecule has 0 saturated carbocycles. The van der Waals surface area contributed by atoms with Crippen molar-refractivity contribution in [1.29, 1.82) is 0 Å². The molecule has 1 atom stereocenters. The number of hydrogen-bond acceptors (Lipinski definition) is 5. The van der Waals surface area contributed by atoms with Crippen LogP contribution in [0.25, 0.3) is 27.8 Å². The third kappa shape index (κ3) is 2.42. The Bertz CT molecular complexity index is 1200. The maximum absolute atomic E-state index is 12.4. The van der Waals surface area contributed by atoms with E-state index in [-0.39, 0.29) is 5.91 Å².